The summed E-state index contributed by atoms with van der Waals surface area (Å²) in [5, 5.41) is 7.07. The van der Waals surface area contributed by atoms with E-state index in [4.69, 9.17) is 0 Å². The van der Waals surface area contributed by atoms with E-state index in [-0.39, 0.29) is 0 Å². The summed E-state index contributed by atoms with van der Waals surface area (Å²) in [5.74, 6) is 0.815. The van der Waals surface area contributed by atoms with Crippen LogP contribution in [0.3, 0.4) is 0 Å². The first-order valence-corrected chi connectivity index (χ1v) is 9.49. The van der Waals surface area contributed by atoms with E-state index in [1.54, 1.807) is 6.33 Å². The van der Waals surface area contributed by atoms with Gasteiger partial charge in [-0.05, 0) is 46.7 Å². The van der Waals surface area contributed by atoms with Crippen molar-refractivity contribution in [2.24, 2.45) is 0 Å². The van der Waals surface area contributed by atoms with Gasteiger partial charge in [0.2, 0.25) is 0 Å². The van der Waals surface area contributed by atoms with Crippen LogP contribution in [0.2, 0.25) is 0 Å². The highest BCUT2D eigenvalue weighted by Gasteiger charge is 2.11. The summed E-state index contributed by atoms with van der Waals surface area (Å²) in [7, 11) is 0. The van der Waals surface area contributed by atoms with Crippen LogP contribution in [0.15, 0.2) is 79.1 Å². The Morgan fingerprint density at radius 3 is 2.22 bits per heavy atom. The first-order valence-electron chi connectivity index (χ1n) is 9.49. The highest BCUT2D eigenvalue weighted by Crippen LogP contribution is 2.32. The van der Waals surface area contributed by atoms with Gasteiger partial charge in [0.15, 0.2) is 5.82 Å². The molecule has 134 valence electrons. The molecule has 0 aliphatic carbocycles. The molecule has 0 aliphatic rings. The molecule has 27 heavy (non-hydrogen) atoms. The van der Waals surface area contributed by atoms with Gasteiger partial charge in [-0.25, -0.2) is 4.98 Å². The number of nitrogens with zero attached hydrogens (tertiary/aromatic N) is 2. The lowest BCUT2D eigenvalue weighted by atomic mass is 9.94. The molecule has 0 atom stereocenters. The summed E-state index contributed by atoms with van der Waals surface area (Å²) >= 11 is 0. The van der Waals surface area contributed by atoms with E-state index in [0.717, 1.165) is 17.8 Å². The molecule has 0 spiro atoms. The van der Waals surface area contributed by atoms with E-state index in [1.165, 1.54) is 40.7 Å². The lowest BCUT2D eigenvalue weighted by Gasteiger charge is -2.11. The topological polar surface area (TPSA) is 41.6 Å². The van der Waals surface area contributed by atoms with Gasteiger partial charge in [-0.15, -0.1) is 0 Å². The SMILES string of the molecule is CCCCc1ccc(-c2ccc(-c3ccccc3)cc2)c(-c2ncn[nH]2)c1. The van der Waals surface area contributed by atoms with Crippen molar-refractivity contribution < 1.29 is 0 Å². The van der Waals surface area contributed by atoms with Crippen LogP contribution in [0.1, 0.15) is 25.3 Å². The number of aromatic nitrogens is 3. The largest absolute Gasteiger partial charge is 0.259 e. The molecule has 0 bridgehead atoms. The summed E-state index contributed by atoms with van der Waals surface area (Å²) < 4.78 is 0. The molecule has 1 N–H and O–H groups in total. The third kappa shape index (κ3) is 3.82. The maximum absolute atomic E-state index is 4.39. The fraction of sp³-hybridized carbons (Fsp3) is 0.167. The van der Waals surface area contributed by atoms with E-state index >= 15 is 0 Å². The summed E-state index contributed by atoms with van der Waals surface area (Å²) in [6, 6.07) is 25.9. The second-order valence-electron chi connectivity index (χ2n) is 6.76. The molecule has 3 nitrogen and oxygen atoms in total. The maximum atomic E-state index is 4.39. The quantitative estimate of drug-likeness (QED) is 0.452. The van der Waals surface area contributed by atoms with Gasteiger partial charge >= 0.3 is 0 Å². The van der Waals surface area contributed by atoms with Crippen LogP contribution in [-0.2, 0) is 6.42 Å². The minimum absolute atomic E-state index is 0.815. The van der Waals surface area contributed by atoms with Crippen molar-refractivity contribution >= 4 is 0 Å². The second-order valence-corrected chi connectivity index (χ2v) is 6.76. The number of H-pyrrole nitrogens is 1. The van der Waals surface area contributed by atoms with Crippen molar-refractivity contribution in [3.05, 3.63) is 84.7 Å². The fourth-order valence-electron chi connectivity index (χ4n) is 3.38. The van der Waals surface area contributed by atoms with Gasteiger partial charge in [0.05, 0.1) is 0 Å². The van der Waals surface area contributed by atoms with Crippen LogP contribution in [0.4, 0.5) is 0 Å². The Bertz CT molecular complexity index is 988. The van der Waals surface area contributed by atoms with Crippen molar-refractivity contribution in [1.29, 1.82) is 0 Å². The highest BCUT2D eigenvalue weighted by molar-refractivity contribution is 5.82. The number of unbranched alkanes of at least 4 members (excludes halogenated alkanes) is 1. The highest BCUT2D eigenvalue weighted by atomic mass is 15.2. The van der Waals surface area contributed by atoms with Crippen molar-refractivity contribution in [1.82, 2.24) is 15.2 Å². The normalized spacial score (nSPS) is 10.9. The van der Waals surface area contributed by atoms with E-state index in [9.17, 15) is 0 Å². The van der Waals surface area contributed by atoms with Crippen LogP contribution in [0.25, 0.3) is 33.6 Å². The second kappa shape index (κ2) is 8.00. The van der Waals surface area contributed by atoms with Crippen molar-refractivity contribution in [3.63, 3.8) is 0 Å². The molecule has 4 rings (SSSR count). The molecule has 0 fully saturated rings. The van der Waals surface area contributed by atoms with Crippen LogP contribution < -0.4 is 0 Å². The Morgan fingerprint density at radius 2 is 1.52 bits per heavy atom. The standard InChI is InChI=1S/C24H23N3/c1-2-3-7-18-10-15-22(23(16-18)24-25-17-26-27-24)21-13-11-20(12-14-21)19-8-5-4-6-9-19/h4-6,8-17H,2-3,7H2,1H3,(H,25,26,27). The predicted molar refractivity (Wildman–Crippen MR) is 111 cm³/mol. The maximum Gasteiger partial charge on any atom is 0.156 e. The van der Waals surface area contributed by atoms with Crippen molar-refractivity contribution in [3.8, 4) is 33.6 Å². The van der Waals surface area contributed by atoms with Gasteiger partial charge in [-0.1, -0.05) is 80.1 Å². The molecular weight excluding hydrogens is 330 g/mol. The molecular formula is C24H23N3. The Kier molecular flexibility index (Phi) is 5.10. The monoisotopic (exact) mass is 353 g/mol. The van der Waals surface area contributed by atoms with Crippen LogP contribution in [0, 0.1) is 0 Å². The molecule has 0 aliphatic heterocycles. The molecule has 3 aromatic carbocycles. The van der Waals surface area contributed by atoms with Gasteiger partial charge in [0, 0.05) is 5.56 Å². The molecule has 0 amide bonds. The van der Waals surface area contributed by atoms with Crippen LogP contribution in [-0.4, -0.2) is 15.2 Å². The molecule has 1 aromatic heterocycles. The minimum Gasteiger partial charge on any atom is -0.259 e. The van der Waals surface area contributed by atoms with Crippen LogP contribution in [0.5, 0.6) is 0 Å². The summed E-state index contributed by atoms with van der Waals surface area (Å²) in [6.45, 7) is 2.22. The molecule has 4 aromatic rings. The fourth-order valence-corrected chi connectivity index (χ4v) is 3.38. The summed E-state index contributed by atoms with van der Waals surface area (Å²) in [5.41, 5.74) is 7.26. The number of hydrogen-bond donors (Lipinski definition) is 1. The number of nitrogens with one attached hydrogen (secondary N) is 1. The van der Waals surface area contributed by atoms with Gasteiger partial charge < -0.3 is 0 Å². The van der Waals surface area contributed by atoms with Gasteiger partial charge in [-0.2, -0.15) is 5.10 Å². The van der Waals surface area contributed by atoms with Gasteiger partial charge in [-0.3, -0.25) is 5.10 Å². The first-order chi connectivity index (χ1) is 13.3. The minimum atomic E-state index is 0.815. The number of benzene rings is 3. The number of aromatic amines is 1. The number of aryl methyl sites for hydroxylation is 1. The molecule has 0 saturated heterocycles. The first kappa shape index (κ1) is 17.2. The third-order valence-corrected chi connectivity index (χ3v) is 4.88. The lowest BCUT2D eigenvalue weighted by Crippen LogP contribution is -1.92. The molecule has 0 unspecified atom stereocenters. The van der Waals surface area contributed by atoms with Crippen molar-refractivity contribution in [2.75, 3.05) is 0 Å². The Hall–Kier alpha value is -3.20. The summed E-state index contributed by atoms with van der Waals surface area (Å²) in [6.07, 6.45) is 5.04. The molecule has 0 radical (unpaired) electrons. The predicted octanol–water partition coefficient (Wildman–Crippen LogP) is 6.15. The number of hydrogen-bond acceptors (Lipinski definition) is 2. The number of rotatable bonds is 6. The Labute approximate surface area is 160 Å². The summed E-state index contributed by atoms with van der Waals surface area (Å²) in [4.78, 5) is 4.39. The lowest BCUT2D eigenvalue weighted by molar-refractivity contribution is 0.795. The third-order valence-electron chi connectivity index (χ3n) is 4.88. The smallest absolute Gasteiger partial charge is 0.156 e. The van der Waals surface area contributed by atoms with E-state index in [2.05, 4.69) is 88.8 Å². The van der Waals surface area contributed by atoms with Gasteiger partial charge in [0.25, 0.3) is 0 Å². The average Bonchev–Trinajstić information content (AvgIpc) is 3.28. The molecule has 1 heterocycles. The Morgan fingerprint density at radius 1 is 0.778 bits per heavy atom. The zero-order valence-corrected chi connectivity index (χ0v) is 15.5. The molecule has 0 saturated carbocycles. The molecule has 3 heteroatoms. The zero-order valence-electron chi connectivity index (χ0n) is 15.5. The average molecular weight is 353 g/mol. The van der Waals surface area contributed by atoms with Crippen LogP contribution >= 0.6 is 0 Å². The van der Waals surface area contributed by atoms with E-state index in [1.807, 2.05) is 6.07 Å². The Balaban J connectivity index is 1.72. The van der Waals surface area contributed by atoms with Crippen molar-refractivity contribution in [2.45, 2.75) is 26.2 Å². The van der Waals surface area contributed by atoms with Gasteiger partial charge in [0.1, 0.15) is 6.33 Å². The zero-order chi connectivity index (χ0) is 18.5. The van der Waals surface area contributed by atoms with E-state index in [0.29, 0.717) is 0 Å². The van der Waals surface area contributed by atoms with E-state index < -0.39 is 0 Å².